The lowest BCUT2D eigenvalue weighted by Gasteiger charge is -2.08. The van der Waals surface area contributed by atoms with Crippen LogP contribution in [0.2, 0.25) is 0 Å². The van der Waals surface area contributed by atoms with Gasteiger partial charge in [0.2, 0.25) is 0 Å². The van der Waals surface area contributed by atoms with Crippen LogP contribution in [0.15, 0.2) is 4.99 Å². The van der Waals surface area contributed by atoms with Crippen molar-refractivity contribution in [3.63, 3.8) is 0 Å². The summed E-state index contributed by atoms with van der Waals surface area (Å²) in [7, 11) is 0. The lowest BCUT2D eigenvalue weighted by Crippen LogP contribution is -2.15. The Kier molecular flexibility index (Phi) is 3.84. The van der Waals surface area contributed by atoms with E-state index >= 15 is 0 Å². The fourth-order valence-electron chi connectivity index (χ4n) is 2.93. The minimum Gasteiger partial charge on any atom is -0.363 e. The van der Waals surface area contributed by atoms with Gasteiger partial charge in [-0.3, -0.25) is 0 Å². The van der Waals surface area contributed by atoms with Crippen LogP contribution in [0, 0.1) is 11.3 Å². The molecule has 1 aliphatic heterocycles. The molecule has 2 heterocycles. The molecule has 0 aromatic carbocycles. The highest BCUT2D eigenvalue weighted by Crippen LogP contribution is 2.38. The number of aryl methyl sites for hydroxylation is 1. The third-order valence-electron chi connectivity index (χ3n) is 3.99. The second-order valence-corrected chi connectivity index (χ2v) is 6.43. The Balaban J connectivity index is 1.87. The Morgan fingerprint density at radius 1 is 1.11 bits per heavy atom. The van der Waals surface area contributed by atoms with E-state index in [-0.39, 0.29) is 0 Å². The molecule has 3 rings (SSSR count). The molecule has 100 valence electrons. The number of hydrogen-bond acceptors (Lipinski definition) is 3. The molecule has 1 fully saturated rings. The Labute approximate surface area is 118 Å². The second-order valence-electron chi connectivity index (χ2n) is 5.34. The van der Waals surface area contributed by atoms with Gasteiger partial charge in [-0.15, -0.1) is 11.3 Å². The largest absolute Gasteiger partial charge is 0.363 e. The zero-order valence-corrected chi connectivity index (χ0v) is 12.0. The molecule has 0 atom stereocenters. The molecule has 0 unspecified atom stereocenters. The minimum atomic E-state index is 0.845. The monoisotopic (exact) mass is 273 g/mol. The molecule has 0 amide bonds. The maximum absolute atomic E-state index is 9.42. The molecule has 2 aliphatic rings. The number of likely N-dealkylation sites (tertiary alicyclic amines) is 1. The van der Waals surface area contributed by atoms with Gasteiger partial charge in [-0.25, -0.2) is 4.99 Å². The first-order valence-electron chi connectivity index (χ1n) is 7.21. The third kappa shape index (κ3) is 2.66. The predicted molar refractivity (Wildman–Crippen MR) is 79.3 cm³/mol. The van der Waals surface area contributed by atoms with Crippen LogP contribution in [0.5, 0.6) is 0 Å². The lowest BCUT2D eigenvalue weighted by molar-refractivity contribution is 0.536. The minimum absolute atomic E-state index is 0.845. The van der Waals surface area contributed by atoms with Gasteiger partial charge in [-0.2, -0.15) is 5.26 Å². The molecule has 3 nitrogen and oxygen atoms in total. The predicted octanol–water partition coefficient (Wildman–Crippen LogP) is 3.64. The molecule has 0 N–H and O–H groups in total. The number of nitriles is 1. The zero-order chi connectivity index (χ0) is 13.1. The van der Waals surface area contributed by atoms with Crippen molar-refractivity contribution in [3.05, 3.63) is 16.0 Å². The fourth-order valence-corrected chi connectivity index (χ4v) is 4.10. The molecule has 0 spiro atoms. The quantitative estimate of drug-likeness (QED) is 0.469. The van der Waals surface area contributed by atoms with E-state index in [1.807, 2.05) is 6.34 Å². The molecular weight excluding hydrogens is 254 g/mol. The van der Waals surface area contributed by atoms with Gasteiger partial charge in [-0.05, 0) is 44.1 Å². The molecule has 0 radical (unpaired) electrons. The molecular formula is C15H19N3S. The first-order chi connectivity index (χ1) is 9.38. The number of rotatable bonds is 2. The summed E-state index contributed by atoms with van der Waals surface area (Å²) in [5.41, 5.74) is 2.14. The molecule has 4 heteroatoms. The van der Waals surface area contributed by atoms with Crippen LogP contribution in [0.25, 0.3) is 0 Å². The van der Waals surface area contributed by atoms with Crippen molar-refractivity contribution >= 4 is 22.7 Å². The molecule has 0 saturated carbocycles. The van der Waals surface area contributed by atoms with E-state index in [9.17, 15) is 5.26 Å². The van der Waals surface area contributed by atoms with E-state index in [0.29, 0.717) is 0 Å². The van der Waals surface area contributed by atoms with Gasteiger partial charge in [0, 0.05) is 18.0 Å². The topological polar surface area (TPSA) is 39.4 Å². The Morgan fingerprint density at radius 2 is 1.89 bits per heavy atom. The van der Waals surface area contributed by atoms with Crippen molar-refractivity contribution in [2.75, 3.05) is 13.1 Å². The van der Waals surface area contributed by atoms with Crippen molar-refractivity contribution in [2.24, 2.45) is 4.99 Å². The summed E-state index contributed by atoms with van der Waals surface area (Å²) in [6.45, 7) is 2.22. The highest BCUT2D eigenvalue weighted by Gasteiger charge is 2.19. The van der Waals surface area contributed by atoms with Gasteiger partial charge in [0.25, 0.3) is 0 Å². The van der Waals surface area contributed by atoms with Gasteiger partial charge >= 0.3 is 0 Å². The van der Waals surface area contributed by atoms with Crippen LogP contribution >= 0.6 is 11.3 Å². The van der Waals surface area contributed by atoms with Crippen LogP contribution in [-0.4, -0.2) is 24.3 Å². The van der Waals surface area contributed by atoms with E-state index < -0.39 is 0 Å². The summed E-state index contributed by atoms with van der Waals surface area (Å²) < 4.78 is 0. The van der Waals surface area contributed by atoms with Crippen LogP contribution in [0.3, 0.4) is 0 Å². The Bertz CT molecular complexity index is 518. The third-order valence-corrected chi connectivity index (χ3v) is 5.19. The maximum atomic E-state index is 9.42. The van der Waals surface area contributed by atoms with Gasteiger partial charge < -0.3 is 4.90 Å². The fraction of sp³-hybridized carbons (Fsp3) is 0.600. The lowest BCUT2D eigenvalue weighted by atomic mass is 10.1. The van der Waals surface area contributed by atoms with Crippen LogP contribution < -0.4 is 0 Å². The summed E-state index contributed by atoms with van der Waals surface area (Å²) in [4.78, 5) is 8.25. The molecule has 1 saturated heterocycles. The maximum Gasteiger partial charge on any atom is 0.136 e. The molecule has 1 aliphatic carbocycles. The zero-order valence-electron chi connectivity index (χ0n) is 11.2. The summed E-state index contributed by atoms with van der Waals surface area (Å²) in [5.74, 6) is 0. The SMILES string of the molecule is N#Cc1c(N=CN2CCCC2)sc2c1CCCCC2. The summed E-state index contributed by atoms with van der Waals surface area (Å²) in [5, 5.41) is 10.3. The number of thiophene rings is 1. The highest BCUT2D eigenvalue weighted by atomic mass is 32.1. The van der Waals surface area contributed by atoms with Gasteiger partial charge in [0.1, 0.15) is 11.1 Å². The van der Waals surface area contributed by atoms with Crippen LogP contribution in [-0.2, 0) is 12.8 Å². The average molecular weight is 273 g/mol. The van der Waals surface area contributed by atoms with E-state index in [4.69, 9.17) is 0 Å². The summed E-state index contributed by atoms with van der Waals surface area (Å²) in [6, 6.07) is 2.39. The van der Waals surface area contributed by atoms with E-state index in [1.54, 1.807) is 11.3 Å². The number of nitrogens with zero attached hydrogens (tertiary/aromatic N) is 3. The summed E-state index contributed by atoms with van der Waals surface area (Å²) in [6.07, 6.45) is 10.4. The average Bonchev–Trinajstić information content (AvgIpc) is 2.99. The van der Waals surface area contributed by atoms with Crippen molar-refractivity contribution in [2.45, 2.75) is 44.9 Å². The van der Waals surface area contributed by atoms with Gasteiger partial charge in [0.15, 0.2) is 0 Å². The Hall–Kier alpha value is -1.34. The second kappa shape index (κ2) is 5.75. The summed E-state index contributed by atoms with van der Waals surface area (Å²) >= 11 is 1.74. The van der Waals surface area contributed by atoms with Crippen LogP contribution in [0.4, 0.5) is 5.00 Å². The van der Waals surface area contributed by atoms with Crippen molar-refractivity contribution in [3.8, 4) is 6.07 Å². The number of fused-ring (bicyclic) bond motifs is 1. The van der Waals surface area contributed by atoms with Crippen molar-refractivity contribution < 1.29 is 0 Å². The number of hydrogen-bond donors (Lipinski definition) is 0. The van der Waals surface area contributed by atoms with E-state index in [0.717, 1.165) is 36.5 Å². The molecule has 0 bridgehead atoms. The Morgan fingerprint density at radius 3 is 2.68 bits per heavy atom. The van der Waals surface area contributed by atoms with E-state index in [2.05, 4.69) is 16.0 Å². The number of aliphatic imine (C=N–C) groups is 1. The first-order valence-corrected chi connectivity index (χ1v) is 8.03. The normalized spacial score (nSPS) is 19.4. The highest BCUT2D eigenvalue weighted by molar-refractivity contribution is 7.16. The smallest absolute Gasteiger partial charge is 0.136 e. The van der Waals surface area contributed by atoms with Gasteiger partial charge in [-0.1, -0.05) is 6.42 Å². The van der Waals surface area contributed by atoms with Crippen LogP contribution in [0.1, 0.15) is 48.1 Å². The van der Waals surface area contributed by atoms with E-state index in [1.165, 1.54) is 42.5 Å². The first kappa shape index (κ1) is 12.7. The molecule has 19 heavy (non-hydrogen) atoms. The molecule has 1 aromatic rings. The van der Waals surface area contributed by atoms with Crippen molar-refractivity contribution in [1.82, 2.24) is 4.90 Å². The standard InChI is InChI=1S/C15H19N3S/c16-10-13-12-6-2-1-3-7-14(12)19-15(13)17-11-18-8-4-5-9-18/h11H,1-9H2. The van der Waals surface area contributed by atoms with Gasteiger partial charge in [0.05, 0.1) is 11.9 Å². The molecule has 1 aromatic heterocycles. The van der Waals surface area contributed by atoms with Crippen molar-refractivity contribution in [1.29, 1.82) is 5.26 Å².